The molecule has 0 radical (unpaired) electrons. The predicted octanol–water partition coefficient (Wildman–Crippen LogP) is 4.25. The maximum Gasteiger partial charge on any atom is 0.227 e. The number of nitrogens with one attached hydrogen (secondary N) is 1. The first kappa shape index (κ1) is 20.6. The fourth-order valence-electron chi connectivity index (χ4n) is 3.93. The molecule has 32 heavy (non-hydrogen) atoms. The summed E-state index contributed by atoms with van der Waals surface area (Å²) in [4.78, 5) is 25.4. The van der Waals surface area contributed by atoms with E-state index in [2.05, 4.69) is 32.3 Å². The minimum atomic E-state index is -0.0404. The molecule has 1 saturated heterocycles. The second kappa shape index (κ2) is 9.48. The van der Waals surface area contributed by atoms with E-state index in [9.17, 15) is 4.79 Å². The summed E-state index contributed by atoms with van der Waals surface area (Å²) >= 11 is 1.61. The Morgan fingerprint density at radius 2 is 1.72 bits per heavy atom. The van der Waals surface area contributed by atoms with Gasteiger partial charge in [-0.3, -0.25) is 4.79 Å². The molecule has 2 aromatic carbocycles. The molecule has 1 fully saturated rings. The molecule has 1 N–H and O–H groups in total. The Hall–Kier alpha value is -3.26. The van der Waals surface area contributed by atoms with Crippen LogP contribution in [0.5, 0.6) is 11.5 Å². The molecule has 3 heterocycles. The van der Waals surface area contributed by atoms with E-state index < -0.39 is 0 Å². The maximum absolute atomic E-state index is 12.9. The molecule has 2 aliphatic rings. The van der Waals surface area contributed by atoms with Gasteiger partial charge in [0.2, 0.25) is 5.91 Å². The highest BCUT2D eigenvalue weighted by Crippen LogP contribution is 2.35. The first-order valence-corrected chi connectivity index (χ1v) is 11.6. The van der Waals surface area contributed by atoms with Crippen molar-refractivity contribution in [2.45, 2.75) is 22.8 Å². The highest BCUT2D eigenvalue weighted by Gasteiger charge is 2.27. The van der Waals surface area contributed by atoms with Crippen molar-refractivity contribution in [3.05, 3.63) is 60.9 Å². The largest absolute Gasteiger partial charge is 0.486 e. The van der Waals surface area contributed by atoms with Gasteiger partial charge in [0.25, 0.3) is 0 Å². The van der Waals surface area contributed by atoms with E-state index in [4.69, 9.17) is 9.47 Å². The Morgan fingerprint density at radius 3 is 2.53 bits per heavy atom. The number of piperidine rings is 1. The molecule has 8 heteroatoms. The third-order valence-corrected chi connectivity index (χ3v) is 6.57. The third kappa shape index (κ3) is 4.65. The molecule has 0 unspecified atom stereocenters. The number of carbonyl (C=O) groups is 1. The summed E-state index contributed by atoms with van der Waals surface area (Å²) in [5, 5.41) is 3.92. The second-order valence-electron chi connectivity index (χ2n) is 7.71. The molecular formula is C24H24N4O3S. The van der Waals surface area contributed by atoms with E-state index in [0.29, 0.717) is 19.0 Å². The zero-order valence-electron chi connectivity index (χ0n) is 17.6. The second-order valence-corrected chi connectivity index (χ2v) is 8.77. The van der Waals surface area contributed by atoms with E-state index in [0.717, 1.165) is 53.1 Å². The number of carbonyl (C=O) groups excluding carboxylic acids is 1. The van der Waals surface area contributed by atoms with Gasteiger partial charge in [-0.2, -0.15) is 0 Å². The van der Waals surface area contributed by atoms with Gasteiger partial charge < -0.3 is 19.7 Å². The van der Waals surface area contributed by atoms with Crippen LogP contribution in [0.25, 0.3) is 0 Å². The topological polar surface area (TPSA) is 76.6 Å². The minimum Gasteiger partial charge on any atom is -0.486 e. The molecule has 0 aliphatic carbocycles. The SMILES string of the molecule is O=C(Nc1ccc2c(c1)OCCO2)C1CCN(c2nccnc2Sc2ccccc2)CC1. The summed E-state index contributed by atoms with van der Waals surface area (Å²) in [7, 11) is 0. The molecule has 2 aliphatic heterocycles. The van der Waals surface area contributed by atoms with Gasteiger partial charge in [-0.25, -0.2) is 9.97 Å². The van der Waals surface area contributed by atoms with E-state index in [-0.39, 0.29) is 11.8 Å². The normalized spacial score (nSPS) is 15.9. The summed E-state index contributed by atoms with van der Waals surface area (Å²) in [6.45, 7) is 2.60. The molecule has 7 nitrogen and oxygen atoms in total. The lowest BCUT2D eigenvalue weighted by Crippen LogP contribution is -2.38. The van der Waals surface area contributed by atoms with Crippen molar-refractivity contribution in [3.8, 4) is 11.5 Å². The van der Waals surface area contributed by atoms with Crippen molar-refractivity contribution >= 4 is 29.2 Å². The van der Waals surface area contributed by atoms with Crippen LogP contribution in [0.1, 0.15) is 12.8 Å². The first-order chi connectivity index (χ1) is 15.8. The van der Waals surface area contributed by atoms with E-state index >= 15 is 0 Å². The Bertz CT molecular complexity index is 1090. The fourth-order valence-corrected chi connectivity index (χ4v) is 4.83. The number of amides is 1. The zero-order chi connectivity index (χ0) is 21.8. The fraction of sp³-hybridized carbons (Fsp3) is 0.292. The summed E-state index contributed by atoms with van der Waals surface area (Å²) in [6.07, 6.45) is 4.98. The molecule has 164 valence electrons. The highest BCUT2D eigenvalue weighted by molar-refractivity contribution is 7.99. The van der Waals surface area contributed by atoms with Crippen molar-refractivity contribution in [2.75, 3.05) is 36.5 Å². The van der Waals surface area contributed by atoms with Gasteiger partial charge in [0.05, 0.1) is 0 Å². The van der Waals surface area contributed by atoms with Crippen LogP contribution in [0, 0.1) is 5.92 Å². The van der Waals surface area contributed by atoms with Gasteiger partial charge in [0.15, 0.2) is 17.3 Å². The van der Waals surface area contributed by atoms with Crippen LogP contribution >= 0.6 is 11.8 Å². The lowest BCUT2D eigenvalue weighted by Gasteiger charge is -2.32. The van der Waals surface area contributed by atoms with Gasteiger partial charge in [-0.15, -0.1) is 0 Å². The van der Waals surface area contributed by atoms with Crippen LogP contribution in [-0.2, 0) is 4.79 Å². The summed E-state index contributed by atoms with van der Waals surface area (Å²) in [5.74, 6) is 2.28. The minimum absolute atomic E-state index is 0.0404. The van der Waals surface area contributed by atoms with E-state index in [1.165, 1.54) is 0 Å². The number of rotatable bonds is 5. The molecule has 1 aromatic heterocycles. The van der Waals surface area contributed by atoms with E-state index in [1.54, 1.807) is 24.2 Å². The molecule has 0 atom stereocenters. The number of nitrogens with zero attached hydrogens (tertiary/aromatic N) is 3. The first-order valence-electron chi connectivity index (χ1n) is 10.8. The smallest absolute Gasteiger partial charge is 0.227 e. The van der Waals surface area contributed by atoms with Crippen LogP contribution < -0.4 is 19.7 Å². The maximum atomic E-state index is 12.9. The number of benzene rings is 2. The zero-order valence-corrected chi connectivity index (χ0v) is 18.4. The molecule has 1 amide bonds. The van der Waals surface area contributed by atoms with Crippen LogP contribution in [0.4, 0.5) is 11.5 Å². The standard InChI is InChI=1S/C24H24N4O3S/c29-23(27-18-6-7-20-21(16-18)31-15-14-30-20)17-8-12-28(13-9-17)22-24(26-11-10-25-22)32-19-4-2-1-3-5-19/h1-7,10-11,16-17H,8-9,12-15H2,(H,27,29). The summed E-state index contributed by atoms with van der Waals surface area (Å²) < 4.78 is 11.2. The summed E-state index contributed by atoms with van der Waals surface area (Å²) in [5.41, 5.74) is 0.733. The van der Waals surface area contributed by atoms with Gasteiger partial charge in [0.1, 0.15) is 18.2 Å². The monoisotopic (exact) mass is 448 g/mol. The quantitative estimate of drug-likeness (QED) is 0.625. The molecule has 0 spiro atoms. The Labute approximate surface area is 191 Å². The number of anilines is 2. The Kier molecular flexibility index (Phi) is 6.11. The van der Waals surface area contributed by atoms with Gasteiger partial charge in [-0.1, -0.05) is 30.0 Å². The van der Waals surface area contributed by atoms with Gasteiger partial charge >= 0.3 is 0 Å². The van der Waals surface area contributed by atoms with Crippen LogP contribution in [0.2, 0.25) is 0 Å². The molecule has 3 aromatic rings. The molecule has 0 saturated carbocycles. The summed E-state index contributed by atoms with van der Waals surface area (Å²) in [6, 6.07) is 15.7. The van der Waals surface area contributed by atoms with Crippen molar-refractivity contribution in [3.63, 3.8) is 0 Å². The Morgan fingerprint density at radius 1 is 0.969 bits per heavy atom. The highest BCUT2D eigenvalue weighted by atomic mass is 32.2. The van der Waals surface area contributed by atoms with Crippen LogP contribution in [-0.4, -0.2) is 42.2 Å². The molecular weight excluding hydrogens is 424 g/mol. The average molecular weight is 449 g/mol. The number of hydrogen-bond donors (Lipinski definition) is 1. The number of fused-ring (bicyclic) bond motifs is 1. The van der Waals surface area contributed by atoms with Crippen molar-refractivity contribution in [2.24, 2.45) is 5.92 Å². The number of aromatic nitrogens is 2. The van der Waals surface area contributed by atoms with Gasteiger partial charge in [-0.05, 0) is 37.1 Å². The van der Waals surface area contributed by atoms with Gasteiger partial charge in [0, 0.05) is 48.1 Å². The van der Waals surface area contributed by atoms with Crippen molar-refractivity contribution in [1.82, 2.24) is 9.97 Å². The molecule has 5 rings (SSSR count). The van der Waals surface area contributed by atoms with Crippen molar-refractivity contribution < 1.29 is 14.3 Å². The lowest BCUT2D eigenvalue weighted by molar-refractivity contribution is -0.120. The van der Waals surface area contributed by atoms with E-state index in [1.807, 2.05) is 36.4 Å². The number of ether oxygens (including phenoxy) is 2. The third-order valence-electron chi connectivity index (χ3n) is 5.58. The van der Waals surface area contributed by atoms with Crippen molar-refractivity contribution in [1.29, 1.82) is 0 Å². The lowest BCUT2D eigenvalue weighted by atomic mass is 9.96. The van der Waals surface area contributed by atoms with Crippen LogP contribution in [0.15, 0.2) is 70.8 Å². The Balaban J connectivity index is 1.21. The number of hydrogen-bond acceptors (Lipinski definition) is 7. The predicted molar refractivity (Wildman–Crippen MR) is 124 cm³/mol. The molecule has 0 bridgehead atoms. The van der Waals surface area contributed by atoms with Crippen LogP contribution in [0.3, 0.4) is 0 Å². The average Bonchev–Trinajstić information content (AvgIpc) is 2.85.